The Morgan fingerprint density at radius 2 is 1.66 bits per heavy atom. The van der Waals surface area contributed by atoms with E-state index < -0.39 is 0 Å². The predicted molar refractivity (Wildman–Crippen MR) is 132 cm³/mol. The van der Waals surface area contributed by atoms with Crippen molar-refractivity contribution in [1.82, 2.24) is 4.98 Å². The minimum Gasteiger partial charge on any atom is -0.497 e. The van der Waals surface area contributed by atoms with Gasteiger partial charge in [-0.25, -0.2) is 4.98 Å². The van der Waals surface area contributed by atoms with Gasteiger partial charge in [-0.2, -0.15) is 0 Å². The molecule has 0 saturated heterocycles. The lowest BCUT2D eigenvalue weighted by molar-refractivity contribution is -0.117. The largest absolute Gasteiger partial charge is 0.497 e. The number of para-hydroxylation sites is 1. The highest BCUT2D eigenvalue weighted by Gasteiger charge is 2.25. The highest BCUT2D eigenvalue weighted by molar-refractivity contribution is 7.16. The second-order valence-electron chi connectivity index (χ2n) is 7.53. The fourth-order valence-electron chi connectivity index (χ4n) is 3.66. The molecule has 4 nitrogen and oxygen atoms in total. The van der Waals surface area contributed by atoms with Crippen molar-refractivity contribution in [2.75, 3.05) is 12.0 Å². The van der Waals surface area contributed by atoms with Crippen LogP contribution in [0.4, 0.5) is 10.8 Å². The Labute approximate surface area is 193 Å². The minimum absolute atomic E-state index is 0.00295. The average Bonchev–Trinajstić information content (AvgIpc) is 3.25. The monoisotopic (exact) mass is 442 g/mol. The maximum Gasteiger partial charge on any atom is 0.237 e. The number of nitrogens with zero attached hydrogens (tertiary/aromatic N) is 2. The lowest BCUT2D eigenvalue weighted by Gasteiger charge is -2.22. The number of ether oxygens (including phenoxy) is 1. The summed E-state index contributed by atoms with van der Waals surface area (Å²) in [5.74, 6) is 0.810. The normalized spacial score (nSPS) is 10.7. The van der Waals surface area contributed by atoms with Crippen LogP contribution in [0.3, 0.4) is 0 Å². The van der Waals surface area contributed by atoms with Gasteiger partial charge in [-0.1, -0.05) is 55.5 Å². The number of carbonyl (C=O) groups excluding carboxylic acids is 1. The molecule has 4 rings (SSSR count). The van der Waals surface area contributed by atoms with E-state index in [0.717, 1.165) is 45.1 Å². The summed E-state index contributed by atoms with van der Waals surface area (Å²) in [6.07, 6.45) is 1.15. The molecule has 1 aromatic heterocycles. The van der Waals surface area contributed by atoms with Crippen LogP contribution in [0.5, 0.6) is 5.75 Å². The number of rotatable bonds is 7. The van der Waals surface area contributed by atoms with Crippen LogP contribution < -0.4 is 9.64 Å². The molecule has 1 amide bonds. The third-order valence-electron chi connectivity index (χ3n) is 5.37. The Morgan fingerprint density at radius 3 is 2.31 bits per heavy atom. The molecule has 0 saturated carbocycles. The van der Waals surface area contributed by atoms with Crippen molar-refractivity contribution in [2.45, 2.75) is 26.7 Å². The van der Waals surface area contributed by atoms with Crippen LogP contribution in [0.1, 0.15) is 22.9 Å². The zero-order valence-electron chi connectivity index (χ0n) is 18.5. The molecule has 0 N–H and O–H groups in total. The van der Waals surface area contributed by atoms with Gasteiger partial charge in [-0.3, -0.25) is 9.69 Å². The molecule has 0 atom stereocenters. The number of aryl methyl sites for hydroxylation is 2. The van der Waals surface area contributed by atoms with Gasteiger partial charge in [-0.15, -0.1) is 11.3 Å². The average molecular weight is 443 g/mol. The second-order valence-corrected chi connectivity index (χ2v) is 8.59. The van der Waals surface area contributed by atoms with Crippen molar-refractivity contribution in [3.8, 4) is 17.0 Å². The van der Waals surface area contributed by atoms with Crippen LogP contribution in [-0.4, -0.2) is 18.0 Å². The second kappa shape index (κ2) is 9.79. The molecule has 1 heterocycles. The van der Waals surface area contributed by atoms with Crippen molar-refractivity contribution in [3.63, 3.8) is 0 Å². The smallest absolute Gasteiger partial charge is 0.237 e. The number of benzene rings is 3. The minimum atomic E-state index is 0.00295. The number of hydrogen-bond acceptors (Lipinski definition) is 4. The summed E-state index contributed by atoms with van der Waals surface area (Å²) in [7, 11) is 1.66. The van der Waals surface area contributed by atoms with Crippen LogP contribution in [0.15, 0.2) is 78.9 Å². The fourth-order valence-corrected chi connectivity index (χ4v) is 4.71. The number of methoxy groups -OCH3 is 1. The van der Waals surface area contributed by atoms with E-state index in [1.165, 1.54) is 0 Å². The maximum absolute atomic E-state index is 13.6. The third kappa shape index (κ3) is 4.58. The van der Waals surface area contributed by atoms with Crippen LogP contribution in [0.2, 0.25) is 0 Å². The van der Waals surface area contributed by atoms with Crippen molar-refractivity contribution >= 4 is 28.1 Å². The quantitative estimate of drug-likeness (QED) is 0.324. The van der Waals surface area contributed by atoms with Gasteiger partial charge in [-0.05, 0) is 54.8 Å². The van der Waals surface area contributed by atoms with E-state index in [4.69, 9.17) is 9.72 Å². The standard InChI is InChI=1S/C27H26N2O2S/c1-4-24-26(21-14-16-22(31-3)17-15-21)28-27(32-24)29(23-13-9-8-10-19(23)2)25(30)18-20-11-6-5-7-12-20/h5-17H,4,18H2,1-3H3. The molecule has 0 aliphatic heterocycles. The van der Waals surface area contributed by atoms with Crippen molar-refractivity contribution in [3.05, 3.63) is 94.9 Å². The molecule has 0 spiro atoms. The summed E-state index contributed by atoms with van der Waals surface area (Å²) >= 11 is 1.58. The molecule has 0 unspecified atom stereocenters. The Balaban J connectivity index is 1.78. The van der Waals surface area contributed by atoms with E-state index in [1.54, 1.807) is 23.3 Å². The molecule has 162 valence electrons. The summed E-state index contributed by atoms with van der Waals surface area (Å²) in [4.78, 5) is 21.5. The van der Waals surface area contributed by atoms with Crippen LogP contribution in [0.25, 0.3) is 11.3 Å². The number of amides is 1. The van der Waals surface area contributed by atoms with Gasteiger partial charge < -0.3 is 4.74 Å². The van der Waals surface area contributed by atoms with E-state index in [-0.39, 0.29) is 5.91 Å². The Kier molecular flexibility index (Phi) is 6.66. The third-order valence-corrected chi connectivity index (χ3v) is 6.55. The Morgan fingerprint density at radius 1 is 0.969 bits per heavy atom. The van der Waals surface area contributed by atoms with E-state index in [2.05, 4.69) is 6.92 Å². The van der Waals surface area contributed by atoms with E-state index in [9.17, 15) is 4.79 Å². The van der Waals surface area contributed by atoms with E-state index in [1.807, 2.05) is 85.8 Å². The van der Waals surface area contributed by atoms with Crippen molar-refractivity contribution in [1.29, 1.82) is 0 Å². The van der Waals surface area contributed by atoms with Gasteiger partial charge >= 0.3 is 0 Å². The number of hydrogen-bond donors (Lipinski definition) is 0. The Bertz CT molecular complexity index is 1200. The summed E-state index contributed by atoms with van der Waals surface area (Å²) in [5, 5.41) is 0.697. The molecule has 32 heavy (non-hydrogen) atoms. The molecule has 0 aliphatic rings. The number of aromatic nitrogens is 1. The first-order valence-corrected chi connectivity index (χ1v) is 11.5. The zero-order valence-corrected chi connectivity index (χ0v) is 19.4. The topological polar surface area (TPSA) is 42.4 Å². The SMILES string of the molecule is CCc1sc(N(C(=O)Cc2ccccc2)c2ccccc2C)nc1-c1ccc(OC)cc1. The summed E-state index contributed by atoms with van der Waals surface area (Å²) in [6, 6.07) is 25.7. The fraction of sp³-hybridized carbons (Fsp3) is 0.185. The first-order chi connectivity index (χ1) is 15.6. The summed E-state index contributed by atoms with van der Waals surface area (Å²) in [6.45, 7) is 4.14. The van der Waals surface area contributed by atoms with Gasteiger partial charge in [0.1, 0.15) is 5.75 Å². The lowest BCUT2D eigenvalue weighted by atomic mass is 10.1. The first-order valence-electron chi connectivity index (χ1n) is 10.7. The molecule has 4 aromatic rings. The molecular formula is C27H26N2O2S. The van der Waals surface area contributed by atoms with Crippen LogP contribution in [0, 0.1) is 6.92 Å². The number of anilines is 2. The number of carbonyl (C=O) groups is 1. The lowest BCUT2D eigenvalue weighted by Crippen LogP contribution is -2.28. The highest BCUT2D eigenvalue weighted by atomic mass is 32.1. The highest BCUT2D eigenvalue weighted by Crippen LogP contribution is 2.38. The summed E-state index contributed by atoms with van der Waals surface area (Å²) in [5.41, 5.74) is 4.82. The first kappa shape index (κ1) is 21.8. The van der Waals surface area contributed by atoms with Gasteiger partial charge in [0.2, 0.25) is 5.91 Å². The zero-order chi connectivity index (χ0) is 22.5. The molecule has 0 fully saturated rings. The molecule has 3 aromatic carbocycles. The van der Waals surface area contributed by atoms with Gasteiger partial charge in [0.05, 0.1) is 24.9 Å². The van der Waals surface area contributed by atoms with Crippen molar-refractivity contribution < 1.29 is 9.53 Å². The van der Waals surface area contributed by atoms with Crippen LogP contribution in [-0.2, 0) is 17.6 Å². The van der Waals surface area contributed by atoms with E-state index in [0.29, 0.717) is 11.6 Å². The molecule has 0 radical (unpaired) electrons. The van der Waals surface area contributed by atoms with Gasteiger partial charge in [0, 0.05) is 10.4 Å². The maximum atomic E-state index is 13.6. The molecule has 0 aliphatic carbocycles. The van der Waals surface area contributed by atoms with Gasteiger partial charge in [0.25, 0.3) is 0 Å². The van der Waals surface area contributed by atoms with Crippen molar-refractivity contribution in [2.24, 2.45) is 0 Å². The Hall–Kier alpha value is -3.44. The summed E-state index contributed by atoms with van der Waals surface area (Å²) < 4.78 is 5.29. The molecular weight excluding hydrogens is 416 g/mol. The van der Waals surface area contributed by atoms with Crippen LogP contribution >= 0.6 is 11.3 Å². The predicted octanol–water partition coefficient (Wildman–Crippen LogP) is 6.60. The molecule has 5 heteroatoms. The van der Waals surface area contributed by atoms with E-state index >= 15 is 0 Å². The molecule has 0 bridgehead atoms. The van der Waals surface area contributed by atoms with Gasteiger partial charge in [0.15, 0.2) is 5.13 Å². The number of thiazole rings is 1.